The average molecular weight is 287 g/mol. The number of amides is 1. The van der Waals surface area contributed by atoms with E-state index >= 15 is 0 Å². The maximum Gasteiger partial charge on any atom is 0.256 e. The first-order valence-corrected chi connectivity index (χ1v) is 7.03. The van der Waals surface area contributed by atoms with Gasteiger partial charge in [-0.1, -0.05) is 42.5 Å². The van der Waals surface area contributed by atoms with Crippen molar-refractivity contribution in [1.82, 2.24) is 10.2 Å². The Hall–Kier alpha value is -3.14. The second kappa shape index (κ2) is 5.00. The molecule has 1 aromatic heterocycles. The Morgan fingerprint density at radius 3 is 2.50 bits per heavy atom. The summed E-state index contributed by atoms with van der Waals surface area (Å²) in [6, 6.07) is 19.8. The summed E-state index contributed by atoms with van der Waals surface area (Å²) in [5, 5.41) is 13.9. The number of rotatable bonds is 2. The molecular formula is C18H13N3O. The number of benzene rings is 3. The van der Waals surface area contributed by atoms with Crippen molar-refractivity contribution in [2.24, 2.45) is 0 Å². The number of nitrogens with zero attached hydrogens (tertiary/aromatic N) is 1. The van der Waals surface area contributed by atoms with Crippen LogP contribution in [-0.2, 0) is 0 Å². The summed E-state index contributed by atoms with van der Waals surface area (Å²) in [5.74, 6) is 0.433. The Morgan fingerprint density at radius 1 is 0.909 bits per heavy atom. The maximum absolute atomic E-state index is 12.3. The topological polar surface area (TPSA) is 57.8 Å². The van der Waals surface area contributed by atoms with Crippen LogP contribution in [0.25, 0.3) is 21.5 Å². The van der Waals surface area contributed by atoms with Gasteiger partial charge in [0.1, 0.15) is 5.82 Å². The van der Waals surface area contributed by atoms with Crippen molar-refractivity contribution in [2.75, 3.05) is 5.32 Å². The number of carbonyl (C=O) groups is 1. The van der Waals surface area contributed by atoms with Crippen LogP contribution < -0.4 is 5.32 Å². The summed E-state index contributed by atoms with van der Waals surface area (Å²) in [7, 11) is 0. The third-order valence-electron chi connectivity index (χ3n) is 3.76. The quantitative estimate of drug-likeness (QED) is 0.548. The second-order valence-electron chi connectivity index (χ2n) is 5.15. The van der Waals surface area contributed by atoms with Crippen LogP contribution in [0.5, 0.6) is 0 Å². The fourth-order valence-electron chi connectivity index (χ4n) is 2.66. The van der Waals surface area contributed by atoms with Gasteiger partial charge in [0.15, 0.2) is 0 Å². The molecule has 0 aliphatic heterocycles. The lowest BCUT2D eigenvalue weighted by Crippen LogP contribution is -2.12. The van der Waals surface area contributed by atoms with Gasteiger partial charge in [-0.15, -0.1) is 0 Å². The van der Waals surface area contributed by atoms with Crippen LogP contribution in [0.4, 0.5) is 5.82 Å². The van der Waals surface area contributed by atoms with E-state index in [4.69, 9.17) is 0 Å². The first kappa shape index (κ1) is 12.6. The standard InChI is InChI=1S/C18H13N3O/c22-18(20-17-9-10-19-21-17)14-8-7-13-6-5-12-3-1-2-4-15(12)16(13)11-14/h1-11H,(H2,19,20,21,22). The molecule has 4 heteroatoms. The van der Waals surface area contributed by atoms with Crippen molar-refractivity contribution >= 4 is 33.3 Å². The van der Waals surface area contributed by atoms with Gasteiger partial charge in [-0.3, -0.25) is 9.89 Å². The number of carbonyl (C=O) groups excluding carboxylic acids is 1. The van der Waals surface area contributed by atoms with Crippen LogP contribution in [0.15, 0.2) is 66.9 Å². The van der Waals surface area contributed by atoms with Crippen LogP contribution in [0.3, 0.4) is 0 Å². The third kappa shape index (κ3) is 2.11. The summed E-state index contributed by atoms with van der Waals surface area (Å²) >= 11 is 0. The molecule has 0 spiro atoms. The van der Waals surface area contributed by atoms with E-state index in [0.29, 0.717) is 11.4 Å². The first-order valence-electron chi connectivity index (χ1n) is 7.03. The Bertz CT molecular complexity index is 974. The fraction of sp³-hybridized carbons (Fsp3) is 0. The van der Waals surface area contributed by atoms with E-state index < -0.39 is 0 Å². The first-order chi connectivity index (χ1) is 10.8. The molecule has 0 aliphatic rings. The number of anilines is 1. The van der Waals surface area contributed by atoms with Crippen molar-refractivity contribution in [3.8, 4) is 0 Å². The van der Waals surface area contributed by atoms with E-state index in [1.54, 1.807) is 12.3 Å². The number of aromatic amines is 1. The third-order valence-corrected chi connectivity index (χ3v) is 3.76. The van der Waals surface area contributed by atoms with Crippen LogP contribution >= 0.6 is 0 Å². The molecule has 0 bridgehead atoms. The van der Waals surface area contributed by atoms with E-state index in [1.165, 1.54) is 5.39 Å². The monoisotopic (exact) mass is 287 g/mol. The van der Waals surface area contributed by atoms with E-state index in [-0.39, 0.29) is 5.91 Å². The van der Waals surface area contributed by atoms with Crippen molar-refractivity contribution in [3.05, 3.63) is 72.4 Å². The highest BCUT2D eigenvalue weighted by molar-refractivity contribution is 6.12. The lowest BCUT2D eigenvalue weighted by molar-refractivity contribution is 0.102. The molecule has 4 rings (SSSR count). The molecule has 3 aromatic carbocycles. The summed E-state index contributed by atoms with van der Waals surface area (Å²) in [4.78, 5) is 12.3. The van der Waals surface area contributed by atoms with E-state index in [2.05, 4.69) is 39.8 Å². The van der Waals surface area contributed by atoms with Crippen molar-refractivity contribution in [1.29, 1.82) is 0 Å². The van der Waals surface area contributed by atoms with Gasteiger partial charge in [0.2, 0.25) is 0 Å². The average Bonchev–Trinajstić information content (AvgIpc) is 3.07. The molecule has 1 heterocycles. The van der Waals surface area contributed by atoms with E-state index in [1.807, 2.05) is 30.3 Å². The zero-order valence-electron chi connectivity index (χ0n) is 11.7. The van der Waals surface area contributed by atoms with Crippen molar-refractivity contribution < 1.29 is 4.79 Å². The Labute approximate surface area is 126 Å². The Kier molecular flexibility index (Phi) is 2.86. The van der Waals surface area contributed by atoms with Gasteiger partial charge in [0, 0.05) is 11.6 Å². The molecule has 0 aliphatic carbocycles. The highest BCUT2D eigenvalue weighted by Gasteiger charge is 2.09. The SMILES string of the molecule is O=C(Nc1ccn[nH]1)c1ccc2ccc3ccccc3c2c1. The zero-order valence-corrected chi connectivity index (χ0v) is 11.7. The largest absolute Gasteiger partial charge is 0.307 e. The van der Waals surface area contributed by atoms with Gasteiger partial charge < -0.3 is 5.32 Å². The van der Waals surface area contributed by atoms with Crippen LogP contribution in [-0.4, -0.2) is 16.1 Å². The van der Waals surface area contributed by atoms with E-state index in [0.717, 1.165) is 16.2 Å². The lowest BCUT2D eigenvalue weighted by atomic mass is 10.00. The summed E-state index contributed by atoms with van der Waals surface area (Å²) in [6.45, 7) is 0. The van der Waals surface area contributed by atoms with Gasteiger partial charge in [-0.05, 0) is 33.7 Å². The highest BCUT2D eigenvalue weighted by atomic mass is 16.1. The van der Waals surface area contributed by atoms with Gasteiger partial charge in [-0.25, -0.2) is 0 Å². The molecule has 4 nitrogen and oxygen atoms in total. The lowest BCUT2D eigenvalue weighted by Gasteiger charge is -2.07. The number of hydrogen-bond donors (Lipinski definition) is 2. The van der Waals surface area contributed by atoms with Gasteiger partial charge in [0.05, 0.1) is 6.20 Å². The zero-order chi connectivity index (χ0) is 14.9. The van der Waals surface area contributed by atoms with Crippen molar-refractivity contribution in [2.45, 2.75) is 0 Å². The molecule has 22 heavy (non-hydrogen) atoms. The summed E-state index contributed by atoms with van der Waals surface area (Å²) in [5.41, 5.74) is 0.624. The molecule has 0 saturated carbocycles. The minimum absolute atomic E-state index is 0.154. The van der Waals surface area contributed by atoms with E-state index in [9.17, 15) is 4.79 Å². The predicted molar refractivity (Wildman–Crippen MR) is 88.0 cm³/mol. The maximum atomic E-state index is 12.3. The Morgan fingerprint density at radius 2 is 1.68 bits per heavy atom. The molecular weight excluding hydrogens is 274 g/mol. The number of hydrogen-bond acceptors (Lipinski definition) is 2. The van der Waals surface area contributed by atoms with Gasteiger partial charge >= 0.3 is 0 Å². The minimum Gasteiger partial charge on any atom is -0.307 e. The molecule has 0 saturated heterocycles. The predicted octanol–water partition coefficient (Wildman–Crippen LogP) is 3.97. The van der Waals surface area contributed by atoms with Crippen molar-refractivity contribution in [3.63, 3.8) is 0 Å². The number of H-pyrrole nitrogens is 1. The van der Waals surface area contributed by atoms with Gasteiger partial charge in [0.25, 0.3) is 5.91 Å². The minimum atomic E-state index is -0.154. The highest BCUT2D eigenvalue weighted by Crippen LogP contribution is 2.26. The van der Waals surface area contributed by atoms with Crippen LogP contribution in [0, 0.1) is 0 Å². The fourth-order valence-corrected chi connectivity index (χ4v) is 2.66. The number of aromatic nitrogens is 2. The van der Waals surface area contributed by atoms with Gasteiger partial charge in [-0.2, -0.15) is 5.10 Å². The molecule has 2 N–H and O–H groups in total. The molecule has 106 valence electrons. The Balaban J connectivity index is 1.82. The molecule has 1 amide bonds. The number of nitrogens with one attached hydrogen (secondary N) is 2. The summed E-state index contributed by atoms with van der Waals surface area (Å²) in [6.07, 6.45) is 1.60. The number of fused-ring (bicyclic) bond motifs is 3. The van der Waals surface area contributed by atoms with Crippen LogP contribution in [0.1, 0.15) is 10.4 Å². The molecule has 0 radical (unpaired) electrons. The molecule has 0 fully saturated rings. The normalized spacial score (nSPS) is 10.9. The molecule has 0 atom stereocenters. The molecule has 0 unspecified atom stereocenters. The molecule has 4 aromatic rings. The smallest absolute Gasteiger partial charge is 0.256 e. The summed E-state index contributed by atoms with van der Waals surface area (Å²) < 4.78 is 0. The second-order valence-corrected chi connectivity index (χ2v) is 5.15. The van der Waals surface area contributed by atoms with Crippen LogP contribution in [0.2, 0.25) is 0 Å².